The zero-order valence-corrected chi connectivity index (χ0v) is 15.2. The Labute approximate surface area is 157 Å². The highest BCUT2D eigenvalue weighted by molar-refractivity contribution is 8.01. The third-order valence-electron chi connectivity index (χ3n) is 3.79. The Morgan fingerprint density at radius 3 is 2.69 bits per heavy atom. The van der Waals surface area contributed by atoms with E-state index in [0.29, 0.717) is 11.5 Å². The quantitative estimate of drug-likeness (QED) is 0.852. The van der Waals surface area contributed by atoms with Gasteiger partial charge in [0.25, 0.3) is 11.8 Å². The Morgan fingerprint density at radius 1 is 1.23 bits per heavy atom. The molecule has 0 bridgehead atoms. The molecule has 2 aromatic rings. The van der Waals surface area contributed by atoms with Gasteiger partial charge in [0.2, 0.25) is 0 Å². The van der Waals surface area contributed by atoms with Crippen LogP contribution in [0.1, 0.15) is 11.1 Å². The van der Waals surface area contributed by atoms with E-state index in [4.69, 9.17) is 4.74 Å². The van der Waals surface area contributed by atoms with Crippen molar-refractivity contribution in [3.8, 4) is 5.75 Å². The molecule has 1 N–H and O–H groups in total. The fourth-order valence-corrected chi connectivity index (χ4v) is 3.38. The third kappa shape index (κ3) is 4.89. The molecule has 0 aromatic heterocycles. The topological polar surface area (TPSA) is 58.6 Å². The number of rotatable bonds is 6. The van der Waals surface area contributed by atoms with Gasteiger partial charge < -0.3 is 4.74 Å². The number of nitrogens with zero attached hydrogens (tertiary/aromatic N) is 1. The highest BCUT2D eigenvalue weighted by atomic mass is 32.2. The smallest absolute Gasteiger partial charge is 0.276 e. The summed E-state index contributed by atoms with van der Waals surface area (Å²) in [6, 6.07) is 17.3. The Hall–Kier alpha value is -2.73. The van der Waals surface area contributed by atoms with Gasteiger partial charge in [-0.3, -0.25) is 15.0 Å². The van der Waals surface area contributed by atoms with Gasteiger partial charge in [-0.15, -0.1) is 11.8 Å². The Morgan fingerprint density at radius 2 is 1.96 bits per heavy atom. The van der Waals surface area contributed by atoms with Gasteiger partial charge in [-0.05, 0) is 30.7 Å². The van der Waals surface area contributed by atoms with Gasteiger partial charge in [0.15, 0.2) is 6.61 Å². The molecule has 1 aliphatic rings. The van der Waals surface area contributed by atoms with Crippen LogP contribution in [0.2, 0.25) is 0 Å². The number of hydrogen-bond donors (Lipinski definition) is 1. The molecular weight excluding hydrogens is 348 g/mol. The summed E-state index contributed by atoms with van der Waals surface area (Å²) < 4.78 is 5.46. The molecule has 1 saturated heterocycles. The standard InChI is InChI=1S/C20H20N2O3S/c1-15-7-10-17(11-8-15)25-13-18(23)21-22-19(24)14-26-20(22)12-9-16-5-3-2-4-6-16/h2-12,20H,13-14H2,1H3,(H,21,23)/t20-/m1/s1. The molecule has 26 heavy (non-hydrogen) atoms. The van der Waals surface area contributed by atoms with Crippen LogP contribution in [0.15, 0.2) is 60.7 Å². The zero-order chi connectivity index (χ0) is 18.4. The number of hydrogen-bond acceptors (Lipinski definition) is 4. The third-order valence-corrected chi connectivity index (χ3v) is 4.91. The van der Waals surface area contributed by atoms with E-state index >= 15 is 0 Å². The summed E-state index contributed by atoms with van der Waals surface area (Å²) in [5.41, 5.74) is 4.81. The summed E-state index contributed by atoms with van der Waals surface area (Å²) in [6.45, 7) is 1.84. The van der Waals surface area contributed by atoms with E-state index in [9.17, 15) is 9.59 Å². The Kier molecular flexibility index (Phi) is 5.96. The first-order chi connectivity index (χ1) is 12.6. The number of benzene rings is 2. The summed E-state index contributed by atoms with van der Waals surface area (Å²) in [5, 5.41) is 1.14. The number of nitrogens with one attached hydrogen (secondary N) is 1. The van der Waals surface area contributed by atoms with Crippen molar-refractivity contribution < 1.29 is 14.3 Å². The lowest BCUT2D eigenvalue weighted by molar-refractivity contribution is -0.139. The average Bonchev–Trinajstić information content (AvgIpc) is 3.00. The largest absolute Gasteiger partial charge is 0.484 e. The first-order valence-corrected chi connectivity index (χ1v) is 9.32. The maximum atomic E-state index is 12.1. The summed E-state index contributed by atoms with van der Waals surface area (Å²) in [5.74, 6) is 0.470. The molecule has 5 nitrogen and oxygen atoms in total. The van der Waals surface area contributed by atoms with Crippen molar-refractivity contribution in [1.82, 2.24) is 10.4 Å². The molecule has 1 fully saturated rings. The average molecular weight is 368 g/mol. The van der Waals surface area contributed by atoms with Crippen LogP contribution >= 0.6 is 11.8 Å². The second-order valence-corrected chi connectivity index (χ2v) is 6.98. The maximum absolute atomic E-state index is 12.1. The van der Waals surface area contributed by atoms with Crippen LogP contribution in [0.3, 0.4) is 0 Å². The van der Waals surface area contributed by atoms with E-state index in [-0.39, 0.29) is 23.8 Å². The minimum absolute atomic E-state index is 0.124. The normalized spacial score (nSPS) is 16.9. The van der Waals surface area contributed by atoms with Crippen LogP contribution in [0, 0.1) is 6.92 Å². The molecule has 1 aliphatic heterocycles. The number of amides is 2. The summed E-state index contributed by atoms with van der Waals surface area (Å²) in [4.78, 5) is 24.2. The highest BCUT2D eigenvalue weighted by Gasteiger charge is 2.31. The highest BCUT2D eigenvalue weighted by Crippen LogP contribution is 2.24. The number of carbonyl (C=O) groups excluding carboxylic acids is 2. The van der Waals surface area contributed by atoms with Crippen LogP contribution in [-0.4, -0.2) is 34.6 Å². The lowest BCUT2D eigenvalue weighted by Gasteiger charge is -2.22. The fraction of sp³-hybridized carbons (Fsp3) is 0.200. The van der Waals surface area contributed by atoms with E-state index < -0.39 is 0 Å². The molecule has 0 spiro atoms. The number of ether oxygens (including phenoxy) is 1. The molecule has 134 valence electrons. The monoisotopic (exact) mass is 368 g/mol. The van der Waals surface area contributed by atoms with E-state index in [1.54, 1.807) is 0 Å². The minimum Gasteiger partial charge on any atom is -0.484 e. The second-order valence-electron chi connectivity index (χ2n) is 5.87. The molecule has 0 saturated carbocycles. The molecule has 0 aliphatic carbocycles. The van der Waals surface area contributed by atoms with Crippen molar-refractivity contribution >= 4 is 29.7 Å². The first-order valence-electron chi connectivity index (χ1n) is 8.28. The van der Waals surface area contributed by atoms with Gasteiger partial charge in [-0.25, -0.2) is 5.01 Å². The SMILES string of the molecule is Cc1ccc(OCC(=O)NN2C(=O)CS[C@@H]2C=Cc2ccccc2)cc1. The number of hydrazine groups is 1. The van der Waals surface area contributed by atoms with Gasteiger partial charge in [0.1, 0.15) is 11.1 Å². The van der Waals surface area contributed by atoms with Crippen LogP contribution in [-0.2, 0) is 9.59 Å². The van der Waals surface area contributed by atoms with Crippen LogP contribution in [0.5, 0.6) is 5.75 Å². The Balaban J connectivity index is 1.55. The van der Waals surface area contributed by atoms with E-state index in [2.05, 4.69) is 5.43 Å². The van der Waals surface area contributed by atoms with Crippen molar-refractivity contribution in [3.05, 3.63) is 71.8 Å². The van der Waals surface area contributed by atoms with Crippen molar-refractivity contribution in [2.75, 3.05) is 12.4 Å². The van der Waals surface area contributed by atoms with E-state index in [1.165, 1.54) is 16.8 Å². The molecule has 2 amide bonds. The summed E-state index contributed by atoms with van der Waals surface area (Å²) in [7, 11) is 0. The predicted octanol–water partition coefficient (Wildman–Crippen LogP) is 3.02. The molecule has 1 heterocycles. The maximum Gasteiger partial charge on any atom is 0.276 e. The number of carbonyl (C=O) groups is 2. The zero-order valence-electron chi connectivity index (χ0n) is 14.4. The van der Waals surface area contributed by atoms with Crippen LogP contribution in [0.4, 0.5) is 0 Å². The van der Waals surface area contributed by atoms with Gasteiger partial charge in [0.05, 0.1) is 5.75 Å². The van der Waals surface area contributed by atoms with E-state index in [1.807, 2.05) is 73.7 Å². The van der Waals surface area contributed by atoms with Crippen molar-refractivity contribution in [3.63, 3.8) is 0 Å². The van der Waals surface area contributed by atoms with Gasteiger partial charge in [-0.2, -0.15) is 0 Å². The second kappa shape index (κ2) is 8.58. The van der Waals surface area contributed by atoms with E-state index in [0.717, 1.165) is 11.1 Å². The lowest BCUT2D eigenvalue weighted by Crippen LogP contribution is -2.48. The van der Waals surface area contributed by atoms with Crippen molar-refractivity contribution in [2.45, 2.75) is 12.3 Å². The molecule has 1 atom stereocenters. The predicted molar refractivity (Wildman–Crippen MR) is 103 cm³/mol. The minimum atomic E-state index is -0.362. The molecule has 2 aromatic carbocycles. The molecule has 0 radical (unpaired) electrons. The molecule has 3 rings (SSSR count). The Bertz CT molecular complexity index is 790. The van der Waals surface area contributed by atoms with Gasteiger partial charge in [-0.1, -0.05) is 54.1 Å². The fourth-order valence-electron chi connectivity index (χ4n) is 2.42. The van der Waals surface area contributed by atoms with Crippen LogP contribution < -0.4 is 10.2 Å². The lowest BCUT2D eigenvalue weighted by atomic mass is 10.2. The van der Waals surface area contributed by atoms with Gasteiger partial charge >= 0.3 is 0 Å². The van der Waals surface area contributed by atoms with Crippen molar-refractivity contribution in [2.24, 2.45) is 0 Å². The number of thioether (sulfide) groups is 1. The van der Waals surface area contributed by atoms with Crippen molar-refractivity contribution in [1.29, 1.82) is 0 Å². The molecule has 0 unspecified atom stereocenters. The summed E-state index contributed by atoms with van der Waals surface area (Å²) >= 11 is 1.47. The summed E-state index contributed by atoms with van der Waals surface area (Å²) in [6.07, 6.45) is 3.85. The van der Waals surface area contributed by atoms with Crippen LogP contribution in [0.25, 0.3) is 6.08 Å². The van der Waals surface area contributed by atoms with Gasteiger partial charge in [0, 0.05) is 0 Å². The number of aryl methyl sites for hydroxylation is 1. The molecular formula is C20H20N2O3S. The molecule has 6 heteroatoms. The first kappa shape index (κ1) is 18.1.